The van der Waals surface area contributed by atoms with Crippen molar-refractivity contribution < 1.29 is 9.66 Å². The van der Waals surface area contributed by atoms with Gasteiger partial charge in [0, 0.05) is 18.2 Å². The van der Waals surface area contributed by atoms with Crippen molar-refractivity contribution in [2.45, 2.75) is 13.0 Å². The zero-order chi connectivity index (χ0) is 12.1. The van der Waals surface area contributed by atoms with Gasteiger partial charge in [0.1, 0.15) is 12.4 Å². The highest BCUT2D eigenvalue weighted by Crippen LogP contribution is 2.17. The average molecular weight is 224 g/mol. The van der Waals surface area contributed by atoms with Crippen molar-refractivity contribution >= 4 is 5.69 Å². The van der Waals surface area contributed by atoms with E-state index < -0.39 is 4.92 Å². The van der Waals surface area contributed by atoms with Crippen LogP contribution in [-0.4, -0.2) is 36.6 Å². The summed E-state index contributed by atoms with van der Waals surface area (Å²) in [7, 11) is 3.95. The third kappa shape index (κ3) is 3.51. The molecule has 0 saturated carbocycles. The molecule has 0 N–H and O–H groups in total. The molecule has 5 heteroatoms. The lowest BCUT2D eigenvalue weighted by molar-refractivity contribution is -0.384. The number of likely N-dealkylation sites (N-methyl/N-ethyl adjacent to an activating group) is 1. The van der Waals surface area contributed by atoms with Crippen LogP contribution in [0.2, 0.25) is 0 Å². The van der Waals surface area contributed by atoms with Gasteiger partial charge in [0.05, 0.1) is 4.92 Å². The number of hydrogen-bond acceptors (Lipinski definition) is 4. The van der Waals surface area contributed by atoms with Crippen molar-refractivity contribution in [2.24, 2.45) is 0 Å². The lowest BCUT2D eigenvalue weighted by Crippen LogP contribution is -2.30. The molecule has 0 radical (unpaired) electrons. The Morgan fingerprint density at radius 3 is 2.38 bits per heavy atom. The largest absolute Gasteiger partial charge is 0.492 e. The molecular formula is C11H16N2O3. The van der Waals surface area contributed by atoms with E-state index in [9.17, 15) is 10.1 Å². The maximum absolute atomic E-state index is 10.4. The lowest BCUT2D eigenvalue weighted by atomic mass is 10.3. The van der Waals surface area contributed by atoms with Gasteiger partial charge in [-0.15, -0.1) is 0 Å². The normalized spacial score (nSPS) is 12.5. The van der Waals surface area contributed by atoms with Crippen molar-refractivity contribution in [2.75, 3.05) is 20.7 Å². The van der Waals surface area contributed by atoms with E-state index in [-0.39, 0.29) is 5.69 Å². The first-order valence-electron chi connectivity index (χ1n) is 5.04. The fraction of sp³-hybridized carbons (Fsp3) is 0.455. The summed E-state index contributed by atoms with van der Waals surface area (Å²) in [6.07, 6.45) is 0. The zero-order valence-electron chi connectivity index (χ0n) is 9.71. The summed E-state index contributed by atoms with van der Waals surface area (Å²) >= 11 is 0. The molecule has 0 saturated heterocycles. The first-order chi connectivity index (χ1) is 7.50. The number of nitrogens with zero attached hydrogens (tertiary/aromatic N) is 2. The number of non-ortho nitro benzene ring substituents is 1. The number of rotatable bonds is 5. The van der Waals surface area contributed by atoms with Crippen LogP contribution >= 0.6 is 0 Å². The molecule has 0 aliphatic rings. The molecule has 16 heavy (non-hydrogen) atoms. The third-order valence-corrected chi connectivity index (χ3v) is 2.42. The SMILES string of the molecule is CC(COc1ccc([N+](=O)[O-])cc1)N(C)C. The Kier molecular flexibility index (Phi) is 4.25. The van der Waals surface area contributed by atoms with Gasteiger partial charge in [0.2, 0.25) is 0 Å². The van der Waals surface area contributed by atoms with Crippen LogP contribution < -0.4 is 4.74 Å². The fourth-order valence-electron chi connectivity index (χ4n) is 1.03. The average Bonchev–Trinajstić information content (AvgIpc) is 2.26. The summed E-state index contributed by atoms with van der Waals surface area (Å²) < 4.78 is 5.50. The monoisotopic (exact) mass is 224 g/mol. The van der Waals surface area contributed by atoms with E-state index in [1.165, 1.54) is 12.1 Å². The maximum Gasteiger partial charge on any atom is 0.269 e. The van der Waals surface area contributed by atoms with Crippen molar-refractivity contribution in [1.29, 1.82) is 0 Å². The minimum absolute atomic E-state index is 0.0769. The summed E-state index contributed by atoms with van der Waals surface area (Å²) in [4.78, 5) is 12.0. The summed E-state index contributed by atoms with van der Waals surface area (Å²) in [6.45, 7) is 2.61. The smallest absolute Gasteiger partial charge is 0.269 e. The highest BCUT2D eigenvalue weighted by atomic mass is 16.6. The predicted molar refractivity (Wildman–Crippen MR) is 61.7 cm³/mol. The highest BCUT2D eigenvalue weighted by Gasteiger charge is 2.07. The van der Waals surface area contributed by atoms with Gasteiger partial charge in [-0.3, -0.25) is 10.1 Å². The first kappa shape index (κ1) is 12.4. The van der Waals surface area contributed by atoms with Crippen molar-refractivity contribution in [1.82, 2.24) is 4.90 Å². The van der Waals surface area contributed by atoms with Crippen LogP contribution in [0, 0.1) is 10.1 Å². The van der Waals surface area contributed by atoms with Crippen molar-refractivity contribution in [3.63, 3.8) is 0 Å². The summed E-state index contributed by atoms with van der Waals surface area (Å²) in [5.74, 6) is 0.652. The van der Waals surface area contributed by atoms with Gasteiger partial charge in [-0.05, 0) is 33.2 Å². The summed E-state index contributed by atoms with van der Waals surface area (Å²) in [6, 6.07) is 6.40. The van der Waals surface area contributed by atoms with E-state index in [4.69, 9.17) is 4.74 Å². The Bertz CT molecular complexity index is 349. The van der Waals surface area contributed by atoms with Crippen LogP contribution in [0.15, 0.2) is 24.3 Å². The van der Waals surface area contributed by atoms with Crippen LogP contribution in [0.4, 0.5) is 5.69 Å². The minimum atomic E-state index is -0.424. The molecule has 1 rings (SSSR count). The minimum Gasteiger partial charge on any atom is -0.492 e. The molecule has 0 spiro atoms. The van der Waals surface area contributed by atoms with Gasteiger partial charge >= 0.3 is 0 Å². The molecule has 1 aromatic rings. The second kappa shape index (κ2) is 5.46. The molecule has 1 unspecified atom stereocenters. The van der Waals surface area contributed by atoms with Gasteiger partial charge in [-0.25, -0.2) is 0 Å². The van der Waals surface area contributed by atoms with E-state index in [0.717, 1.165) is 0 Å². The number of nitro benzene ring substituents is 1. The van der Waals surface area contributed by atoms with Crippen LogP contribution in [0.3, 0.4) is 0 Å². The molecule has 0 aromatic heterocycles. The van der Waals surface area contributed by atoms with Gasteiger partial charge in [-0.2, -0.15) is 0 Å². The predicted octanol–water partition coefficient (Wildman–Crippen LogP) is 1.92. The van der Waals surface area contributed by atoms with E-state index in [2.05, 4.69) is 0 Å². The number of nitro groups is 1. The van der Waals surface area contributed by atoms with E-state index in [1.54, 1.807) is 12.1 Å². The van der Waals surface area contributed by atoms with Gasteiger partial charge < -0.3 is 9.64 Å². The molecular weight excluding hydrogens is 208 g/mol. The van der Waals surface area contributed by atoms with Crippen LogP contribution in [-0.2, 0) is 0 Å². The Morgan fingerprint density at radius 2 is 1.94 bits per heavy atom. The van der Waals surface area contributed by atoms with Crippen molar-refractivity contribution in [3.05, 3.63) is 34.4 Å². The number of benzene rings is 1. The number of ether oxygens (including phenoxy) is 1. The second-order valence-corrected chi connectivity index (χ2v) is 3.87. The molecule has 0 aliphatic heterocycles. The highest BCUT2D eigenvalue weighted by molar-refractivity contribution is 5.35. The summed E-state index contributed by atoms with van der Waals surface area (Å²) in [5, 5.41) is 10.4. The molecule has 0 aliphatic carbocycles. The fourth-order valence-corrected chi connectivity index (χ4v) is 1.03. The van der Waals surface area contributed by atoms with Crippen molar-refractivity contribution in [3.8, 4) is 5.75 Å². The Labute approximate surface area is 94.8 Å². The molecule has 0 amide bonds. The zero-order valence-corrected chi connectivity index (χ0v) is 9.71. The van der Waals surface area contributed by atoms with Crippen LogP contribution in [0.5, 0.6) is 5.75 Å². The standard InChI is InChI=1S/C11H16N2O3/c1-9(12(2)3)8-16-11-6-4-10(5-7-11)13(14)15/h4-7,9H,8H2,1-3H3. The molecule has 0 bridgehead atoms. The van der Waals surface area contributed by atoms with Gasteiger partial charge in [0.15, 0.2) is 0 Å². The maximum atomic E-state index is 10.4. The Hall–Kier alpha value is -1.62. The first-order valence-corrected chi connectivity index (χ1v) is 5.04. The Morgan fingerprint density at radius 1 is 1.38 bits per heavy atom. The molecule has 1 atom stereocenters. The number of hydrogen-bond donors (Lipinski definition) is 0. The molecule has 0 heterocycles. The molecule has 1 aromatic carbocycles. The molecule has 0 fully saturated rings. The van der Waals surface area contributed by atoms with E-state index in [1.807, 2.05) is 25.9 Å². The van der Waals surface area contributed by atoms with E-state index in [0.29, 0.717) is 18.4 Å². The quantitative estimate of drug-likeness (QED) is 0.566. The molecule has 5 nitrogen and oxygen atoms in total. The van der Waals surface area contributed by atoms with Gasteiger partial charge in [-0.1, -0.05) is 0 Å². The van der Waals surface area contributed by atoms with Crippen LogP contribution in [0.25, 0.3) is 0 Å². The summed E-state index contributed by atoms with van der Waals surface area (Å²) in [5.41, 5.74) is 0.0769. The van der Waals surface area contributed by atoms with Gasteiger partial charge in [0.25, 0.3) is 5.69 Å². The van der Waals surface area contributed by atoms with Crippen LogP contribution in [0.1, 0.15) is 6.92 Å². The lowest BCUT2D eigenvalue weighted by Gasteiger charge is -2.19. The Balaban J connectivity index is 2.53. The van der Waals surface area contributed by atoms with E-state index >= 15 is 0 Å². The topological polar surface area (TPSA) is 55.6 Å². The molecule has 88 valence electrons. The third-order valence-electron chi connectivity index (χ3n) is 2.42. The second-order valence-electron chi connectivity index (χ2n) is 3.87.